The molecule has 0 bridgehead atoms. The lowest BCUT2D eigenvalue weighted by atomic mass is 10.2. The topological polar surface area (TPSA) is 75.3 Å². The van der Waals surface area contributed by atoms with Crippen molar-refractivity contribution >= 4 is 23.2 Å². The standard InChI is InChI=1S/C12H17ClN2O2/c1-8(16)3-2-6-15-12(17)9-4-5-10(13)11(14)7-9/h4-5,7-8,16H,2-3,6,14H2,1H3,(H,15,17). The van der Waals surface area contributed by atoms with Crippen molar-refractivity contribution in [2.45, 2.75) is 25.9 Å². The number of nitrogens with two attached hydrogens (primary N) is 1. The van der Waals surface area contributed by atoms with Crippen molar-refractivity contribution in [2.75, 3.05) is 12.3 Å². The van der Waals surface area contributed by atoms with Gasteiger partial charge in [0, 0.05) is 12.1 Å². The minimum atomic E-state index is -0.335. The van der Waals surface area contributed by atoms with E-state index in [4.69, 9.17) is 22.4 Å². The van der Waals surface area contributed by atoms with Gasteiger partial charge in [-0.05, 0) is 38.0 Å². The maximum absolute atomic E-state index is 11.7. The largest absolute Gasteiger partial charge is 0.398 e. The lowest BCUT2D eigenvalue weighted by Crippen LogP contribution is -2.25. The van der Waals surface area contributed by atoms with Crippen molar-refractivity contribution in [2.24, 2.45) is 0 Å². The molecule has 4 N–H and O–H groups in total. The minimum absolute atomic E-state index is 0.182. The van der Waals surface area contributed by atoms with Gasteiger partial charge in [-0.1, -0.05) is 11.6 Å². The number of nitrogen functional groups attached to an aromatic ring is 1. The van der Waals surface area contributed by atoms with Gasteiger partial charge in [0.1, 0.15) is 0 Å². The number of amides is 1. The highest BCUT2D eigenvalue weighted by atomic mass is 35.5. The van der Waals surface area contributed by atoms with Crippen molar-refractivity contribution in [1.82, 2.24) is 5.32 Å². The first-order chi connectivity index (χ1) is 8.00. The molecule has 94 valence electrons. The molecule has 0 spiro atoms. The normalized spacial score (nSPS) is 12.2. The van der Waals surface area contributed by atoms with Crippen LogP contribution >= 0.6 is 11.6 Å². The summed E-state index contributed by atoms with van der Waals surface area (Å²) in [7, 11) is 0. The maximum Gasteiger partial charge on any atom is 0.251 e. The van der Waals surface area contributed by atoms with E-state index in [9.17, 15) is 4.79 Å². The summed E-state index contributed by atoms with van der Waals surface area (Å²) in [6.07, 6.45) is 1.08. The van der Waals surface area contributed by atoms with Gasteiger partial charge >= 0.3 is 0 Å². The average molecular weight is 257 g/mol. The number of carbonyl (C=O) groups is 1. The van der Waals surface area contributed by atoms with Crippen LogP contribution in [0.1, 0.15) is 30.1 Å². The highest BCUT2D eigenvalue weighted by Crippen LogP contribution is 2.19. The lowest BCUT2D eigenvalue weighted by Gasteiger charge is -2.07. The summed E-state index contributed by atoms with van der Waals surface area (Å²) in [5.74, 6) is -0.182. The molecule has 1 rings (SSSR count). The summed E-state index contributed by atoms with van der Waals surface area (Å²) in [4.78, 5) is 11.7. The third-order valence-electron chi connectivity index (χ3n) is 2.34. The predicted octanol–water partition coefficient (Wildman–Crippen LogP) is 1.81. The number of aliphatic hydroxyl groups excluding tert-OH is 1. The van der Waals surface area contributed by atoms with E-state index in [2.05, 4.69) is 5.32 Å². The van der Waals surface area contributed by atoms with Gasteiger partial charge in [0.2, 0.25) is 0 Å². The first-order valence-corrected chi connectivity index (χ1v) is 5.90. The number of halogens is 1. The Labute approximate surface area is 106 Å². The molecule has 0 fully saturated rings. The van der Waals surface area contributed by atoms with Crippen molar-refractivity contribution in [3.8, 4) is 0 Å². The van der Waals surface area contributed by atoms with E-state index < -0.39 is 0 Å². The van der Waals surface area contributed by atoms with E-state index in [0.717, 1.165) is 6.42 Å². The summed E-state index contributed by atoms with van der Waals surface area (Å²) >= 11 is 5.76. The third kappa shape index (κ3) is 4.63. The molecule has 1 aromatic rings. The molecule has 1 aromatic carbocycles. The molecule has 1 atom stereocenters. The lowest BCUT2D eigenvalue weighted by molar-refractivity contribution is 0.0949. The number of hydrogen-bond donors (Lipinski definition) is 3. The Balaban J connectivity index is 2.44. The van der Waals surface area contributed by atoms with Crippen LogP contribution in [0.4, 0.5) is 5.69 Å². The zero-order valence-electron chi connectivity index (χ0n) is 9.74. The Morgan fingerprint density at radius 2 is 2.29 bits per heavy atom. The number of nitrogens with one attached hydrogen (secondary N) is 1. The van der Waals surface area contributed by atoms with Crippen LogP contribution in [-0.4, -0.2) is 23.7 Å². The number of aliphatic hydroxyl groups is 1. The molecule has 1 amide bonds. The van der Waals surface area contributed by atoms with Crippen molar-refractivity contribution in [3.05, 3.63) is 28.8 Å². The fourth-order valence-electron chi connectivity index (χ4n) is 1.39. The fraction of sp³-hybridized carbons (Fsp3) is 0.417. The first-order valence-electron chi connectivity index (χ1n) is 5.52. The minimum Gasteiger partial charge on any atom is -0.398 e. The molecule has 5 heteroatoms. The number of carbonyl (C=O) groups excluding carboxylic acids is 1. The second-order valence-electron chi connectivity index (χ2n) is 3.98. The molecule has 17 heavy (non-hydrogen) atoms. The van der Waals surface area contributed by atoms with Gasteiger partial charge in [0.25, 0.3) is 5.91 Å². The molecule has 0 aliphatic carbocycles. The molecule has 0 aliphatic heterocycles. The van der Waals surface area contributed by atoms with Gasteiger partial charge in [-0.15, -0.1) is 0 Å². The van der Waals surface area contributed by atoms with Gasteiger partial charge in [0.05, 0.1) is 16.8 Å². The van der Waals surface area contributed by atoms with Crippen LogP contribution in [0.5, 0.6) is 0 Å². The summed E-state index contributed by atoms with van der Waals surface area (Å²) in [6.45, 7) is 2.26. The number of rotatable bonds is 5. The van der Waals surface area contributed by atoms with Gasteiger partial charge in [-0.25, -0.2) is 0 Å². The number of benzene rings is 1. The second kappa shape index (κ2) is 6.47. The number of hydrogen-bond acceptors (Lipinski definition) is 3. The first kappa shape index (κ1) is 13.8. The van der Waals surface area contributed by atoms with Gasteiger partial charge in [-0.2, -0.15) is 0 Å². The van der Waals surface area contributed by atoms with Crippen LogP contribution in [0.3, 0.4) is 0 Å². The Morgan fingerprint density at radius 1 is 1.59 bits per heavy atom. The van der Waals surface area contributed by atoms with Crippen LogP contribution in [0.25, 0.3) is 0 Å². The summed E-state index contributed by atoms with van der Waals surface area (Å²) in [6, 6.07) is 4.77. The van der Waals surface area contributed by atoms with E-state index in [-0.39, 0.29) is 12.0 Å². The Kier molecular flexibility index (Phi) is 5.25. The summed E-state index contributed by atoms with van der Waals surface area (Å²) in [5, 5.41) is 12.3. The van der Waals surface area contributed by atoms with E-state index in [1.54, 1.807) is 25.1 Å². The van der Waals surface area contributed by atoms with Crippen LogP contribution in [0.2, 0.25) is 5.02 Å². The molecular formula is C12H17ClN2O2. The van der Waals surface area contributed by atoms with Gasteiger partial charge in [-0.3, -0.25) is 4.79 Å². The summed E-state index contributed by atoms with van der Waals surface area (Å²) in [5.41, 5.74) is 6.49. The molecule has 4 nitrogen and oxygen atoms in total. The van der Waals surface area contributed by atoms with Crippen LogP contribution in [-0.2, 0) is 0 Å². The van der Waals surface area contributed by atoms with Crippen molar-refractivity contribution in [3.63, 3.8) is 0 Å². The van der Waals surface area contributed by atoms with Gasteiger partial charge < -0.3 is 16.2 Å². The molecular weight excluding hydrogens is 240 g/mol. The zero-order valence-corrected chi connectivity index (χ0v) is 10.5. The van der Waals surface area contributed by atoms with Crippen molar-refractivity contribution in [1.29, 1.82) is 0 Å². The third-order valence-corrected chi connectivity index (χ3v) is 2.69. The molecule has 0 aliphatic rings. The Hall–Kier alpha value is -1.26. The van der Waals surface area contributed by atoms with Crippen LogP contribution in [0.15, 0.2) is 18.2 Å². The summed E-state index contributed by atoms with van der Waals surface area (Å²) < 4.78 is 0. The molecule has 0 radical (unpaired) electrons. The zero-order chi connectivity index (χ0) is 12.8. The maximum atomic E-state index is 11.7. The Bertz CT molecular complexity index is 394. The predicted molar refractivity (Wildman–Crippen MR) is 69.1 cm³/mol. The van der Waals surface area contributed by atoms with Crippen molar-refractivity contribution < 1.29 is 9.90 Å². The molecule has 0 aromatic heterocycles. The smallest absolute Gasteiger partial charge is 0.251 e. The van der Waals surface area contributed by atoms with Crippen LogP contribution < -0.4 is 11.1 Å². The molecule has 0 saturated carbocycles. The van der Waals surface area contributed by atoms with E-state index in [1.807, 2.05) is 0 Å². The van der Waals surface area contributed by atoms with E-state index in [0.29, 0.717) is 29.2 Å². The molecule has 0 saturated heterocycles. The fourth-order valence-corrected chi connectivity index (χ4v) is 1.50. The number of anilines is 1. The SMILES string of the molecule is CC(O)CCCNC(=O)c1ccc(Cl)c(N)c1. The quantitative estimate of drug-likeness (QED) is 0.556. The molecule has 1 unspecified atom stereocenters. The monoisotopic (exact) mass is 256 g/mol. The van der Waals surface area contributed by atoms with E-state index >= 15 is 0 Å². The molecule has 0 heterocycles. The van der Waals surface area contributed by atoms with E-state index in [1.165, 1.54) is 0 Å². The van der Waals surface area contributed by atoms with Gasteiger partial charge in [0.15, 0.2) is 0 Å². The Morgan fingerprint density at radius 3 is 2.88 bits per heavy atom. The highest BCUT2D eigenvalue weighted by molar-refractivity contribution is 6.33. The van der Waals surface area contributed by atoms with Crippen LogP contribution in [0, 0.1) is 0 Å². The average Bonchev–Trinajstić information content (AvgIpc) is 2.27. The second-order valence-corrected chi connectivity index (χ2v) is 4.39. The highest BCUT2D eigenvalue weighted by Gasteiger charge is 2.06.